The van der Waals surface area contributed by atoms with Crippen molar-refractivity contribution in [2.24, 2.45) is 0 Å². The van der Waals surface area contributed by atoms with E-state index >= 15 is 0 Å². The number of thiocarbonyl (C=S) groups is 1. The van der Waals surface area contributed by atoms with E-state index in [1.807, 2.05) is 6.07 Å². The summed E-state index contributed by atoms with van der Waals surface area (Å²) in [6.45, 7) is 0.897. The van der Waals surface area contributed by atoms with Gasteiger partial charge in [0.1, 0.15) is 4.32 Å². The third-order valence-electron chi connectivity index (χ3n) is 3.46. The first-order chi connectivity index (χ1) is 8.27. The molecule has 2 rings (SSSR count). The summed E-state index contributed by atoms with van der Waals surface area (Å²) in [4.78, 5) is 2.28. The average molecular weight is 265 g/mol. The largest absolute Gasteiger partial charge is 0.350 e. The normalized spacial score (nSPS) is 16.8. The highest BCUT2D eigenvalue weighted by atomic mass is 32.1. The summed E-state index contributed by atoms with van der Waals surface area (Å²) in [5.74, 6) is 0. The lowest BCUT2D eigenvalue weighted by Gasteiger charge is -2.35. The van der Waals surface area contributed by atoms with Gasteiger partial charge in [0.15, 0.2) is 0 Å². The molecular formula is C14H19NS2. The average Bonchev–Trinajstić information content (AvgIpc) is 2.38. The number of hydrogen-bond donors (Lipinski definition) is 1. The summed E-state index contributed by atoms with van der Waals surface area (Å²) in [6, 6.07) is 11.1. The predicted octanol–water partition coefficient (Wildman–Crippen LogP) is 4.04. The SMILES string of the molecule is S=C(S)N(Cc1ccccc1)C1CCCCC1. The van der Waals surface area contributed by atoms with E-state index in [-0.39, 0.29) is 0 Å². The smallest absolute Gasteiger partial charge is 0.133 e. The van der Waals surface area contributed by atoms with Gasteiger partial charge in [-0.25, -0.2) is 0 Å². The van der Waals surface area contributed by atoms with Crippen LogP contribution >= 0.6 is 24.8 Å². The number of nitrogens with zero attached hydrogens (tertiary/aromatic N) is 1. The lowest BCUT2D eigenvalue weighted by atomic mass is 9.94. The van der Waals surface area contributed by atoms with Gasteiger partial charge in [-0.3, -0.25) is 0 Å². The minimum absolute atomic E-state index is 0.592. The van der Waals surface area contributed by atoms with Crippen molar-refractivity contribution in [1.29, 1.82) is 0 Å². The van der Waals surface area contributed by atoms with Gasteiger partial charge in [0.05, 0.1) is 0 Å². The molecule has 0 heterocycles. The zero-order valence-corrected chi connectivity index (χ0v) is 11.7. The van der Waals surface area contributed by atoms with Crippen LogP contribution in [0.3, 0.4) is 0 Å². The van der Waals surface area contributed by atoms with Crippen molar-refractivity contribution in [3.63, 3.8) is 0 Å². The van der Waals surface area contributed by atoms with E-state index in [2.05, 4.69) is 41.8 Å². The Hall–Kier alpha value is -0.540. The minimum Gasteiger partial charge on any atom is -0.350 e. The number of hydrogen-bond acceptors (Lipinski definition) is 1. The summed E-state index contributed by atoms with van der Waals surface area (Å²) in [5.41, 5.74) is 1.31. The molecule has 0 radical (unpaired) electrons. The maximum absolute atomic E-state index is 5.29. The van der Waals surface area contributed by atoms with Crippen LogP contribution in [0.5, 0.6) is 0 Å². The van der Waals surface area contributed by atoms with Crippen molar-refractivity contribution in [3.8, 4) is 0 Å². The monoisotopic (exact) mass is 265 g/mol. The van der Waals surface area contributed by atoms with E-state index in [9.17, 15) is 0 Å². The molecule has 0 aromatic heterocycles. The molecule has 0 saturated heterocycles. The molecule has 1 nitrogen and oxygen atoms in total. The maximum Gasteiger partial charge on any atom is 0.133 e. The first-order valence-corrected chi connectivity index (χ1v) is 7.16. The van der Waals surface area contributed by atoms with E-state index in [1.54, 1.807) is 0 Å². The van der Waals surface area contributed by atoms with Crippen LogP contribution in [0.2, 0.25) is 0 Å². The van der Waals surface area contributed by atoms with Crippen molar-refractivity contribution in [1.82, 2.24) is 4.90 Å². The second-order valence-electron chi connectivity index (χ2n) is 4.69. The van der Waals surface area contributed by atoms with E-state index in [0.29, 0.717) is 6.04 Å². The molecule has 0 bridgehead atoms. The van der Waals surface area contributed by atoms with E-state index in [1.165, 1.54) is 37.7 Å². The molecule has 3 heteroatoms. The zero-order chi connectivity index (χ0) is 12.1. The van der Waals surface area contributed by atoms with Crippen molar-refractivity contribution in [3.05, 3.63) is 35.9 Å². The second-order valence-corrected chi connectivity index (χ2v) is 5.80. The first kappa shape index (κ1) is 12.9. The molecule has 0 amide bonds. The lowest BCUT2D eigenvalue weighted by Crippen LogP contribution is -2.37. The minimum atomic E-state index is 0.592. The van der Waals surface area contributed by atoms with Crippen molar-refractivity contribution in [2.45, 2.75) is 44.7 Å². The van der Waals surface area contributed by atoms with Gasteiger partial charge < -0.3 is 4.90 Å². The van der Waals surface area contributed by atoms with Crippen LogP contribution < -0.4 is 0 Å². The maximum atomic E-state index is 5.29. The van der Waals surface area contributed by atoms with Gasteiger partial charge in [-0.15, -0.1) is 12.6 Å². The molecular weight excluding hydrogens is 246 g/mol. The van der Waals surface area contributed by atoms with Gasteiger partial charge in [-0.05, 0) is 18.4 Å². The van der Waals surface area contributed by atoms with Gasteiger partial charge in [0.25, 0.3) is 0 Å². The Morgan fingerprint density at radius 3 is 2.41 bits per heavy atom. The molecule has 0 aliphatic heterocycles. The topological polar surface area (TPSA) is 3.24 Å². The van der Waals surface area contributed by atoms with Crippen LogP contribution in [0.25, 0.3) is 0 Å². The Bertz CT molecular complexity index is 358. The fraction of sp³-hybridized carbons (Fsp3) is 0.500. The number of benzene rings is 1. The molecule has 1 aromatic carbocycles. The van der Waals surface area contributed by atoms with Crippen LogP contribution in [0, 0.1) is 0 Å². The zero-order valence-electron chi connectivity index (χ0n) is 10.0. The van der Waals surface area contributed by atoms with Crippen LogP contribution in [0.1, 0.15) is 37.7 Å². The van der Waals surface area contributed by atoms with Crippen LogP contribution in [-0.2, 0) is 6.54 Å². The molecule has 1 aromatic rings. The fourth-order valence-electron chi connectivity index (χ4n) is 2.53. The molecule has 0 unspecified atom stereocenters. The Morgan fingerprint density at radius 2 is 1.82 bits per heavy atom. The molecule has 17 heavy (non-hydrogen) atoms. The van der Waals surface area contributed by atoms with Crippen LogP contribution in [0.15, 0.2) is 30.3 Å². The molecule has 1 saturated carbocycles. The summed E-state index contributed by atoms with van der Waals surface area (Å²) < 4.78 is 0.737. The third kappa shape index (κ3) is 3.71. The van der Waals surface area contributed by atoms with E-state index < -0.39 is 0 Å². The van der Waals surface area contributed by atoms with Crippen LogP contribution in [-0.4, -0.2) is 15.3 Å². The molecule has 1 fully saturated rings. The first-order valence-electron chi connectivity index (χ1n) is 6.31. The molecule has 1 aliphatic rings. The highest BCUT2D eigenvalue weighted by molar-refractivity contribution is 8.10. The lowest BCUT2D eigenvalue weighted by molar-refractivity contribution is 0.245. The predicted molar refractivity (Wildman–Crippen MR) is 80.4 cm³/mol. The summed E-state index contributed by atoms with van der Waals surface area (Å²) in [6.07, 6.45) is 6.54. The van der Waals surface area contributed by atoms with Gasteiger partial charge >= 0.3 is 0 Å². The van der Waals surface area contributed by atoms with Gasteiger partial charge in [0.2, 0.25) is 0 Å². The Kier molecular flexibility index (Phi) is 4.86. The molecule has 0 spiro atoms. The molecule has 0 atom stereocenters. The number of thiol groups is 1. The Balaban J connectivity index is 2.04. The third-order valence-corrected chi connectivity index (χ3v) is 3.95. The molecule has 0 N–H and O–H groups in total. The quantitative estimate of drug-likeness (QED) is 0.649. The fourth-order valence-corrected chi connectivity index (χ4v) is 2.97. The van der Waals surface area contributed by atoms with Crippen molar-refractivity contribution >= 4 is 29.2 Å². The second kappa shape index (κ2) is 6.41. The van der Waals surface area contributed by atoms with Gasteiger partial charge in [0, 0.05) is 12.6 Å². The van der Waals surface area contributed by atoms with Crippen molar-refractivity contribution in [2.75, 3.05) is 0 Å². The van der Waals surface area contributed by atoms with Gasteiger partial charge in [-0.2, -0.15) is 0 Å². The standard InChI is InChI=1S/C14H19NS2/c16-14(17)15(13-9-5-2-6-10-13)11-12-7-3-1-4-8-12/h1,3-4,7-8,13H,2,5-6,9-11H2,(H,16,17). The highest BCUT2D eigenvalue weighted by Gasteiger charge is 2.21. The molecule has 1 aliphatic carbocycles. The number of rotatable bonds is 3. The summed E-state index contributed by atoms with van der Waals surface area (Å²) in [5, 5.41) is 0. The van der Waals surface area contributed by atoms with Gasteiger partial charge in [-0.1, -0.05) is 61.8 Å². The van der Waals surface area contributed by atoms with E-state index in [4.69, 9.17) is 12.2 Å². The Morgan fingerprint density at radius 1 is 1.18 bits per heavy atom. The summed E-state index contributed by atoms with van der Waals surface area (Å²) in [7, 11) is 0. The van der Waals surface area contributed by atoms with Crippen LogP contribution in [0.4, 0.5) is 0 Å². The Labute approximate surface area is 115 Å². The van der Waals surface area contributed by atoms with Crippen molar-refractivity contribution < 1.29 is 0 Å². The molecule has 92 valence electrons. The van der Waals surface area contributed by atoms with E-state index in [0.717, 1.165) is 10.9 Å². The summed E-state index contributed by atoms with van der Waals surface area (Å²) >= 11 is 9.68. The highest BCUT2D eigenvalue weighted by Crippen LogP contribution is 2.25.